The van der Waals surface area contributed by atoms with Gasteiger partial charge in [-0.2, -0.15) is 0 Å². The summed E-state index contributed by atoms with van der Waals surface area (Å²) in [5.74, 6) is -0.225. The SMILES string of the molecule is CS(=O)(=O)N(Cc1ccc(C(=O)Nc2ccc(Cc3ccncc3)cc2)cc1)c1ccccc1. The van der Waals surface area contributed by atoms with E-state index in [1.807, 2.05) is 42.5 Å². The third kappa shape index (κ3) is 6.08. The van der Waals surface area contributed by atoms with Crippen LogP contribution >= 0.6 is 0 Å². The average Bonchev–Trinajstić information content (AvgIpc) is 2.84. The molecule has 4 aromatic rings. The van der Waals surface area contributed by atoms with Crippen molar-refractivity contribution >= 4 is 27.3 Å². The lowest BCUT2D eigenvalue weighted by molar-refractivity contribution is 0.102. The van der Waals surface area contributed by atoms with Crippen molar-refractivity contribution in [2.24, 2.45) is 0 Å². The number of nitrogens with zero attached hydrogens (tertiary/aromatic N) is 2. The lowest BCUT2D eigenvalue weighted by Gasteiger charge is -2.22. The van der Waals surface area contributed by atoms with Crippen LogP contribution in [-0.2, 0) is 23.0 Å². The van der Waals surface area contributed by atoms with Crippen LogP contribution in [0.15, 0.2) is 103 Å². The fourth-order valence-corrected chi connectivity index (χ4v) is 4.46. The smallest absolute Gasteiger partial charge is 0.255 e. The van der Waals surface area contributed by atoms with Gasteiger partial charge in [-0.15, -0.1) is 0 Å². The average molecular weight is 472 g/mol. The first kappa shape index (κ1) is 23.2. The van der Waals surface area contributed by atoms with Crippen molar-refractivity contribution in [1.82, 2.24) is 4.98 Å². The van der Waals surface area contributed by atoms with Crippen LogP contribution in [0.4, 0.5) is 11.4 Å². The number of pyridine rings is 1. The molecule has 0 aliphatic rings. The molecule has 0 fully saturated rings. The van der Waals surface area contributed by atoms with Gasteiger partial charge in [0.15, 0.2) is 0 Å². The highest BCUT2D eigenvalue weighted by atomic mass is 32.2. The molecule has 0 aliphatic carbocycles. The zero-order valence-electron chi connectivity index (χ0n) is 18.8. The number of sulfonamides is 1. The number of para-hydroxylation sites is 1. The van der Waals surface area contributed by atoms with E-state index in [1.54, 1.807) is 60.9 Å². The maximum absolute atomic E-state index is 12.7. The standard InChI is InChI=1S/C27H25N3O3S/c1-34(32,33)30(26-5-3-2-4-6-26)20-23-7-11-24(12-8-23)27(31)29-25-13-9-21(10-14-25)19-22-15-17-28-18-16-22/h2-18H,19-20H2,1H3,(H,29,31). The Kier molecular flexibility index (Phi) is 7.04. The van der Waals surface area contributed by atoms with Crippen LogP contribution in [0.3, 0.4) is 0 Å². The van der Waals surface area contributed by atoms with Gasteiger partial charge in [0.2, 0.25) is 10.0 Å². The van der Waals surface area contributed by atoms with Crippen molar-refractivity contribution in [3.8, 4) is 0 Å². The van der Waals surface area contributed by atoms with Crippen LogP contribution in [0.5, 0.6) is 0 Å². The summed E-state index contributed by atoms with van der Waals surface area (Å²) < 4.78 is 25.9. The maximum atomic E-state index is 12.7. The Morgan fingerprint density at radius 1 is 0.794 bits per heavy atom. The van der Waals surface area contributed by atoms with Crippen LogP contribution in [0, 0.1) is 0 Å². The number of anilines is 2. The molecule has 7 heteroatoms. The number of rotatable bonds is 8. The van der Waals surface area contributed by atoms with Crippen molar-refractivity contribution in [1.29, 1.82) is 0 Å². The molecule has 0 saturated heterocycles. The molecule has 0 radical (unpaired) electrons. The van der Waals surface area contributed by atoms with Crippen molar-refractivity contribution in [3.05, 3.63) is 126 Å². The summed E-state index contributed by atoms with van der Waals surface area (Å²) in [6, 6.07) is 27.6. The van der Waals surface area contributed by atoms with Gasteiger partial charge >= 0.3 is 0 Å². The van der Waals surface area contributed by atoms with Crippen LogP contribution in [0.1, 0.15) is 27.0 Å². The number of benzene rings is 3. The van der Waals surface area contributed by atoms with Crippen LogP contribution in [-0.4, -0.2) is 25.6 Å². The van der Waals surface area contributed by atoms with Gasteiger partial charge in [0.05, 0.1) is 18.5 Å². The van der Waals surface area contributed by atoms with E-state index < -0.39 is 10.0 Å². The van der Waals surface area contributed by atoms with Crippen molar-refractivity contribution in [2.45, 2.75) is 13.0 Å². The molecule has 0 atom stereocenters. The van der Waals surface area contributed by atoms with Crippen LogP contribution < -0.4 is 9.62 Å². The van der Waals surface area contributed by atoms with Gasteiger partial charge in [0.25, 0.3) is 5.91 Å². The summed E-state index contributed by atoms with van der Waals surface area (Å²) in [6.45, 7) is 0.184. The highest BCUT2D eigenvalue weighted by Gasteiger charge is 2.18. The molecule has 0 unspecified atom stereocenters. The Balaban J connectivity index is 1.40. The van der Waals surface area contributed by atoms with E-state index in [0.717, 1.165) is 17.5 Å². The number of amides is 1. The summed E-state index contributed by atoms with van der Waals surface area (Å²) in [7, 11) is -3.46. The normalized spacial score (nSPS) is 11.1. The molecule has 3 aromatic carbocycles. The Morgan fingerprint density at radius 2 is 1.38 bits per heavy atom. The molecule has 0 saturated carbocycles. The van der Waals surface area contributed by atoms with Gasteiger partial charge < -0.3 is 5.32 Å². The van der Waals surface area contributed by atoms with Crippen LogP contribution in [0.25, 0.3) is 0 Å². The Morgan fingerprint density at radius 3 is 2.00 bits per heavy atom. The minimum atomic E-state index is -3.46. The molecule has 1 aromatic heterocycles. The monoisotopic (exact) mass is 471 g/mol. The van der Waals surface area contributed by atoms with E-state index in [2.05, 4.69) is 10.3 Å². The first-order chi connectivity index (χ1) is 16.4. The molecule has 0 spiro atoms. The van der Waals surface area contributed by atoms with Gasteiger partial charge in [-0.3, -0.25) is 14.1 Å². The highest BCUT2D eigenvalue weighted by Crippen LogP contribution is 2.21. The van der Waals surface area contributed by atoms with E-state index in [4.69, 9.17) is 0 Å². The molecule has 6 nitrogen and oxygen atoms in total. The Labute approximate surface area is 200 Å². The van der Waals surface area contributed by atoms with Gasteiger partial charge in [0.1, 0.15) is 0 Å². The summed E-state index contributed by atoms with van der Waals surface area (Å²) in [5, 5.41) is 2.90. The number of hydrogen-bond donors (Lipinski definition) is 1. The van der Waals surface area contributed by atoms with Gasteiger partial charge in [-0.1, -0.05) is 42.5 Å². The van der Waals surface area contributed by atoms with E-state index in [-0.39, 0.29) is 12.5 Å². The fraction of sp³-hybridized carbons (Fsp3) is 0.111. The quantitative estimate of drug-likeness (QED) is 0.397. The number of carbonyl (C=O) groups excluding carboxylic acids is 1. The maximum Gasteiger partial charge on any atom is 0.255 e. The number of carbonyl (C=O) groups is 1. The molecule has 4 rings (SSSR count). The minimum Gasteiger partial charge on any atom is -0.322 e. The highest BCUT2D eigenvalue weighted by molar-refractivity contribution is 7.92. The molecule has 34 heavy (non-hydrogen) atoms. The lowest BCUT2D eigenvalue weighted by Crippen LogP contribution is -2.29. The predicted molar refractivity (Wildman–Crippen MR) is 135 cm³/mol. The topological polar surface area (TPSA) is 79.4 Å². The predicted octanol–water partition coefficient (Wildman–Crippen LogP) is 4.89. The molecule has 0 bridgehead atoms. The first-order valence-electron chi connectivity index (χ1n) is 10.8. The number of nitrogens with one attached hydrogen (secondary N) is 1. The third-order valence-corrected chi connectivity index (χ3v) is 6.50. The van der Waals surface area contributed by atoms with Crippen molar-refractivity contribution < 1.29 is 13.2 Å². The summed E-state index contributed by atoms with van der Waals surface area (Å²) in [6.07, 6.45) is 5.53. The van der Waals surface area contributed by atoms with Gasteiger partial charge in [-0.05, 0) is 71.6 Å². The molecule has 1 N–H and O–H groups in total. The van der Waals surface area contributed by atoms with Crippen molar-refractivity contribution in [2.75, 3.05) is 15.9 Å². The second-order valence-electron chi connectivity index (χ2n) is 7.99. The van der Waals surface area contributed by atoms with Crippen molar-refractivity contribution in [3.63, 3.8) is 0 Å². The largest absolute Gasteiger partial charge is 0.322 e. The Hall–Kier alpha value is -3.97. The summed E-state index contributed by atoms with van der Waals surface area (Å²) in [5.41, 5.74) is 4.90. The second kappa shape index (κ2) is 10.3. The van der Waals surface area contributed by atoms with E-state index >= 15 is 0 Å². The van der Waals surface area contributed by atoms with Crippen LogP contribution in [0.2, 0.25) is 0 Å². The first-order valence-corrected chi connectivity index (χ1v) is 12.6. The summed E-state index contributed by atoms with van der Waals surface area (Å²) in [4.78, 5) is 16.7. The van der Waals surface area contributed by atoms with E-state index in [0.29, 0.717) is 16.9 Å². The zero-order chi connectivity index (χ0) is 24.0. The van der Waals surface area contributed by atoms with E-state index in [9.17, 15) is 13.2 Å². The number of aromatic nitrogens is 1. The lowest BCUT2D eigenvalue weighted by atomic mass is 10.1. The molecular formula is C27H25N3O3S. The molecule has 172 valence electrons. The molecule has 0 aliphatic heterocycles. The Bertz CT molecular complexity index is 1340. The number of hydrogen-bond acceptors (Lipinski definition) is 4. The third-order valence-electron chi connectivity index (χ3n) is 5.36. The minimum absolute atomic E-state index is 0.184. The summed E-state index contributed by atoms with van der Waals surface area (Å²) >= 11 is 0. The van der Waals surface area contributed by atoms with E-state index in [1.165, 1.54) is 16.1 Å². The molecule has 1 amide bonds. The van der Waals surface area contributed by atoms with Gasteiger partial charge in [0, 0.05) is 23.6 Å². The fourth-order valence-electron chi connectivity index (χ4n) is 3.57. The van der Waals surface area contributed by atoms with Gasteiger partial charge in [-0.25, -0.2) is 8.42 Å². The molecule has 1 heterocycles. The zero-order valence-corrected chi connectivity index (χ0v) is 19.6. The second-order valence-corrected chi connectivity index (χ2v) is 9.89. The molecular weight excluding hydrogens is 446 g/mol.